The van der Waals surface area contributed by atoms with E-state index >= 15 is 0 Å². The number of guanidine groups is 1. The van der Waals surface area contributed by atoms with Crippen molar-refractivity contribution < 1.29 is 4.74 Å². The molecule has 5 heteroatoms. The minimum atomic E-state index is 0.319. The summed E-state index contributed by atoms with van der Waals surface area (Å²) in [5.41, 5.74) is 2.54. The first kappa shape index (κ1) is 11.3. The molecule has 0 bridgehead atoms. The van der Waals surface area contributed by atoms with Crippen molar-refractivity contribution in [2.75, 3.05) is 19.7 Å². The Labute approximate surface area is 85.1 Å². The van der Waals surface area contributed by atoms with E-state index in [0.29, 0.717) is 18.0 Å². The molecule has 0 saturated carbocycles. The van der Waals surface area contributed by atoms with Gasteiger partial charge in [0, 0.05) is 25.6 Å². The first-order chi connectivity index (χ1) is 6.77. The molecule has 1 fully saturated rings. The fourth-order valence-corrected chi connectivity index (χ4v) is 1.54. The number of nitrogens with two attached hydrogens (primary N) is 1. The van der Waals surface area contributed by atoms with Crippen LogP contribution in [0.2, 0.25) is 0 Å². The van der Waals surface area contributed by atoms with Crippen LogP contribution in [-0.4, -0.2) is 31.8 Å². The first-order valence-corrected chi connectivity index (χ1v) is 5.14. The molecule has 2 unspecified atom stereocenters. The highest BCUT2D eigenvalue weighted by molar-refractivity contribution is 5.79. The fourth-order valence-electron chi connectivity index (χ4n) is 1.54. The van der Waals surface area contributed by atoms with Crippen LogP contribution in [0.3, 0.4) is 0 Å². The van der Waals surface area contributed by atoms with Crippen LogP contribution in [0.1, 0.15) is 20.3 Å². The molecule has 0 aromatic carbocycles. The average Bonchev–Trinajstić information content (AvgIpc) is 2.59. The Morgan fingerprint density at radius 1 is 1.64 bits per heavy atom. The van der Waals surface area contributed by atoms with Crippen LogP contribution in [0.15, 0.2) is 4.99 Å². The van der Waals surface area contributed by atoms with Crippen molar-refractivity contribution in [3.63, 3.8) is 0 Å². The second kappa shape index (κ2) is 5.82. The maximum absolute atomic E-state index is 5.45. The van der Waals surface area contributed by atoms with Gasteiger partial charge in [0.2, 0.25) is 5.96 Å². The topological polar surface area (TPSA) is 71.7 Å². The van der Waals surface area contributed by atoms with Crippen molar-refractivity contribution in [1.29, 1.82) is 0 Å². The summed E-state index contributed by atoms with van der Waals surface area (Å²) in [6.07, 6.45) is 1.41. The summed E-state index contributed by atoms with van der Waals surface area (Å²) in [7, 11) is 0. The van der Waals surface area contributed by atoms with Crippen molar-refractivity contribution >= 4 is 5.96 Å². The highest BCUT2D eigenvalue weighted by Crippen LogP contribution is 2.20. The number of nitrogens with one attached hydrogen (secondary N) is 2. The summed E-state index contributed by atoms with van der Waals surface area (Å²) in [5, 5.41) is 3.04. The summed E-state index contributed by atoms with van der Waals surface area (Å²) >= 11 is 0. The lowest BCUT2D eigenvalue weighted by atomic mass is 10.0. The molecule has 0 aliphatic carbocycles. The number of hydrogen-bond donors (Lipinski definition) is 3. The van der Waals surface area contributed by atoms with Gasteiger partial charge in [-0.15, -0.1) is 0 Å². The van der Waals surface area contributed by atoms with E-state index in [9.17, 15) is 0 Å². The molecule has 1 heterocycles. The van der Waals surface area contributed by atoms with E-state index in [1.54, 1.807) is 0 Å². The van der Waals surface area contributed by atoms with Crippen LogP contribution >= 0.6 is 0 Å². The van der Waals surface area contributed by atoms with E-state index < -0.39 is 0 Å². The number of rotatable bonds is 3. The predicted octanol–water partition coefficient (Wildman–Crippen LogP) is -0.160. The average molecular weight is 200 g/mol. The molecule has 5 nitrogen and oxygen atoms in total. The highest BCUT2D eigenvalue weighted by Gasteiger charge is 2.23. The number of hydrazine groups is 1. The van der Waals surface area contributed by atoms with Crippen LogP contribution < -0.4 is 16.6 Å². The SMILES string of the molecule is CCNC(=NCC1CCOC1C)NN. The molecule has 2 atom stereocenters. The third kappa shape index (κ3) is 3.16. The summed E-state index contributed by atoms with van der Waals surface area (Å²) in [4.78, 5) is 4.35. The molecule has 0 aromatic heterocycles. The van der Waals surface area contributed by atoms with Crippen molar-refractivity contribution in [3.8, 4) is 0 Å². The molecule has 0 spiro atoms. The zero-order valence-electron chi connectivity index (χ0n) is 8.92. The molecule has 14 heavy (non-hydrogen) atoms. The van der Waals surface area contributed by atoms with Crippen LogP contribution in [0, 0.1) is 5.92 Å². The van der Waals surface area contributed by atoms with Gasteiger partial charge in [0.1, 0.15) is 0 Å². The molecule has 0 radical (unpaired) electrons. The van der Waals surface area contributed by atoms with Crippen molar-refractivity contribution in [2.45, 2.75) is 26.4 Å². The molecule has 0 amide bonds. The van der Waals surface area contributed by atoms with Gasteiger partial charge in [-0.05, 0) is 20.3 Å². The normalized spacial score (nSPS) is 27.8. The van der Waals surface area contributed by atoms with Crippen LogP contribution in [0.4, 0.5) is 0 Å². The second-order valence-electron chi connectivity index (χ2n) is 3.49. The van der Waals surface area contributed by atoms with Crippen LogP contribution in [-0.2, 0) is 4.74 Å². The minimum Gasteiger partial charge on any atom is -0.378 e. The third-order valence-electron chi connectivity index (χ3n) is 2.50. The van der Waals surface area contributed by atoms with Crippen LogP contribution in [0.5, 0.6) is 0 Å². The number of ether oxygens (including phenoxy) is 1. The lowest BCUT2D eigenvalue weighted by Gasteiger charge is -2.12. The van der Waals surface area contributed by atoms with Crippen molar-refractivity contribution in [1.82, 2.24) is 10.7 Å². The highest BCUT2D eigenvalue weighted by atomic mass is 16.5. The van der Waals surface area contributed by atoms with Gasteiger partial charge in [0.15, 0.2) is 0 Å². The van der Waals surface area contributed by atoms with Gasteiger partial charge in [-0.1, -0.05) is 0 Å². The lowest BCUT2D eigenvalue weighted by molar-refractivity contribution is 0.107. The van der Waals surface area contributed by atoms with Gasteiger partial charge in [0.25, 0.3) is 0 Å². The van der Waals surface area contributed by atoms with E-state index in [2.05, 4.69) is 22.7 Å². The van der Waals surface area contributed by atoms with Crippen LogP contribution in [0.25, 0.3) is 0 Å². The van der Waals surface area contributed by atoms with Gasteiger partial charge < -0.3 is 10.1 Å². The maximum atomic E-state index is 5.45. The van der Waals surface area contributed by atoms with E-state index in [-0.39, 0.29) is 0 Å². The molecule has 1 saturated heterocycles. The second-order valence-corrected chi connectivity index (χ2v) is 3.49. The van der Waals surface area contributed by atoms with Gasteiger partial charge in [-0.25, -0.2) is 5.84 Å². The Morgan fingerprint density at radius 2 is 2.43 bits per heavy atom. The molecule has 82 valence electrons. The predicted molar refractivity (Wildman–Crippen MR) is 56.8 cm³/mol. The van der Waals surface area contributed by atoms with Crippen molar-refractivity contribution in [2.24, 2.45) is 16.8 Å². The van der Waals surface area contributed by atoms with E-state index in [1.807, 2.05) is 6.92 Å². The molecular weight excluding hydrogens is 180 g/mol. The number of hydrogen-bond acceptors (Lipinski definition) is 3. The quantitative estimate of drug-likeness (QED) is 0.256. The molecule has 0 aromatic rings. The van der Waals surface area contributed by atoms with Gasteiger partial charge in [-0.2, -0.15) is 0 Å². The van der Waals surface area contributed by atoms with E-state index in [0.717, 1.165) is 26.1 Å². The minimum absolute atomic E-state index is 0.319. The zero-order valence-corrected chi connectivity index (χ0v) is 8.92. The smallest absolute Gasteiger partial charge is 0.205 e. The number of nitrogens with zero attached hydrogens (tertiary/aromatic N) is 1. The summed E-state index contributed by atoms with van der Waals surface area (Å²) < 4.78 is 5.45. The molecule has 1 rings (SSSR count). The van der Waals surface area contributed by atoms with Crippen molar-refractivity contribution in [3.05, 3.63) is 0 Å². The summed E-state index contributed by atoms with van der Waals surface area (Å²) in [5.74, 6) is 6.49. The molecule has 1 aliphatic rings. The molecular formula is C9H20N4O. The number of aliphatic imine (C=N–C) groups is 1. The van der Waals surface area contributed by atoms with Gasteiger partial charge in [0.05, 0.1) is 6.10 Å². The zero-order chi connectivity index (χ0) is 10.4. The largest absolute Gasteiger partial charge is 0.378 e. The fraction of sp³-hybridized carbons (Fsp3) is 0.889. The Hall–Kier alpha value is -0.810. The monoisotopic (exact) mass is 200 g/mol. The van der Waals surface area contributed by atoms with Gasteiger partial charge >= 0.3 is 0 Å². The lowest BCUT2D eigenvalue weighted by Crippen LogP contribution is -2.41. The summed E-state index contributed by atoms with van der Waals surface area (Å²) in [6, 6.07) is 0. The standard InChI is InChI=1S/C9H20N4O/c1-3-11-9(13-10)12-6-8-4-5-14-7(8)2/h7-8H,3-6,10H2,1-2H3,(H2,11,12,13). The maximum Gasteiger partial charge on any atom is 0.205 e. The Bertz CT molecular complexity index is 195. The molecule has 1 aliphatic heterocycles. The Kier molecular flexibility index (Phi) is 4.69. The summed E-state index contributed by atoms with van der Waals surface area (Å²) in [6.45, 7) is 6.55. The Morgan fingerprint density at radius 3 is 2.93 bits per heavy atom. The van der Waals surface area contributed by atoms with E-state index in [4.69, 9.17) is 10.6 Å². The first-order valence-electron chi connectivity index (χ1n) is 5.14. The van der Waals surface area contributed by atoms with E-state index in [1.165, 1.54) is 0 Å². The molecule has 4 N–H and O–H groups in total. The van der Waals surface area contributed by atoms with Gasteiger partial charge in [-0.3, -0.25) is 10.4 Å². The third-order valence-corrected chi connectivity index (χ3v) is 2.50. The Balaban J connectivity index is 2.35.